The molecule has 0 aromatic heterocycles. The number of aliphatic imine (C=N–C) groups is 1. The molecular formula is C13H16N4O2. The molecular weight excluding hydrogens is 244 g/mol. The minimum absolute atomic E-state index is 0.112. The molecule has 0 fully saturated rings. The van der Waals surface area contributed by atoms with Crippen molar-refractivity contribution in [2.75, 3.05) is 7.05 Å². The predicted molar refractivity (Wildman–Crippen MR) is 71.3 cm³/mol. The Labute approximate surface area is 111 Å². The summed E-state index contributed by atoms with van der Waals surface area (Å²) >= 11 is 0. The van der Waals surface area contributed by atoms with E-state index in [1.54, 1.807) is 25.2 Å². The van der Waals surface area contributed by atoms with Gasteiger partial charge in [0.05, 0.1) is 12.0 Å². The molecule has 0 radical (unpaired) electrons. The molecule has 1 aromatic carbocycles. The third-order valence-corrected chi connectivity index (χ3v) is 3.34. The van der Waals surface area contributed by atoms with Crippen LogP contribution in [0.25, 0.3) is 0 Å². The first-order valence-electron chi connectivity index (χ1n) is 5.86. The van der Waals surface area contributed by atoms with Crippen molar-refractivity contribution in [3.8, 4) is 0 Å². The van der Waals surface area contributed by atoms with Crippen molar-refractivity contribution in [3.05, 3.63) is 35.4 Å². The molecule has 0 unspecified atom stereocenters. The summed E-state index contributed by atoms with van der Waals surface area (Å²) in [5, 5.41) is 0. The molecule has 0 saturated carbocycles. The minimum atomic E-state index is -0.765. The fraction of sp³-hybridized carbons (Fsp3) is 0.308. The highest BCUT2D eigenvalue weighted by atomic mass is 16.2. The van der Waals surface area contributed by atoms with Crippen LogP contribution in [0.15, 0.2) is 29.3 Å². The average Bonchev–Trinajstić information content (AvgIpc) is 2.36. The summed E-state index contributed by atoms with van der Waals surface area (Å²) in [6.45, 7) is 1.81. The van der Waals surface area contributed by atoms with E-state index in [1.165, 1.54) is 4.90 Å². The van der Waals surface area contributed by atoms with Crippen LogP contribution in [0.5, 0.6) is 0 Å². The van der Waals surface area contributed by atoms with E-state index in [1.807, 2.05) is 13.0 Å². The molecule has 6 nitrogen and oxygen atoms in total. The van der Waals surface area contributed by atoms with Gasteiger partial charge in [-0.15, -0.1) is 0 Å². The molecule has 1 aromatic rings. The van der Waals surface area contributed by atoms with E-state index in [0.29, 0.717) is 5.56 Å². The number of nitrogens with zero attached hydrogens (tertiary/aromatic N) is 2. The standard InChI is InChI=1S/C13H16N4O2/c1-13(7-10(18)17(2)12(15)16-13)9-5-3-4-8(6-9)11(14)19/h3-6H,7H2,1-2H3,(H2,14,19)(H2,15,16)/t13-/m0/s1. The Kier molecular flexibility index (Phi) is 3.01. The van der Waals surface area contributed by atoms with E-state index < -0.39 is 11.4 Å². The number of benzene rings is 1. The molecule has 0 bridgehead atoms. The van der Waals surface area contributed by atoms with Crippen molar-refractivity contribution in [3.63, 3.8) is 0 Å². The number of amides is 2. The van der Waals surface area contributed by atoms with Crippen molar-refractivity contribution < 1.29 is 9.59 Å². The van der Waals surface area contributed by atoms with Gasteiger partial charge in [0.25, 0.3) is 0 Å². The Morgan fingerprint density at radius 1 is 1.47 bits per heavy atom. The molecule has 4 N–H and O–H groups in total. The van der Waals surface area contributed by atoms with Crippen LogP contribution in [0.3, 0.4) is 0 Å². The van der Waals surface area contributed by atoms with Gasteiger partial charge in [-0.2, -0.15) is 0 Å². The number of hydrogen-bond donors (Lipinski definition) is 2. The number of carbonyl (C=O) groups is 2. The lowest BCUT2D eigenvalue weighted by atomic mass is 9.86. The van der Waals surface area contributed by atoms with Gasteiger partial charge < -0.3 is 11.5 Å². The van der Waals surface area contributed by atoms with Crippen LogP contribution in [0.4, 0.5) is 0 Å². The zero-order chi connectivity index (χ0) is 14.2. The third kappa shape index (κ3) is 2.29. The van der Waals surface area contributed by atoms with Crippen molar-refractivity contribution in [2.24, 2.45) is 16.5 Å². The summed E-state index contributed by atoms with van der Waals surface area (Å²) in [6.07, 6.45) is 0.201. The molecule has 1 atom stereocenters. The van der Waals surface area contributed by atoms with E-state index in [2.05, 4.69) is 4.99 Å². The summed E-state index contributed by atoms with van der Waals surface area (Å²) in [4.78, 5) is 28.8. The summed E-state index contributed by atoms with van der Waals surface area (Å²) < 4.78 is 0. The molecule has 1 aliphatic heterocycles. The first-order chi connectivity index (χ1) is 8.83. The summed E-state index contributed by atoms with van der Waals surface area (Å²) in [5.74, 6) is -0.454. The molecule has 6 heteroatoms. The Bertz CT molecular complexity index is 582. The Morgan fingerprint density at radius 3 is 2.74 bits per heavy atom. The number of hydrogen-bond acceptors (Lipinski definition) is 4. The lowest BCUT2D eigenvalue weighted by molar-refractivity contribution is -0.128. The molecule has 0 saturated heterocycles. The van der Waals surface area contributed by atoms with E-state index in [9.17, 15) is 9.59 Å². The fourth-order valence-corrected chi connectivity index (χ4v) is 2.08. The van der Waals surface area contributed by atoms with Gasteiger partial charge in [0.2, 0.25) is 11.8 Å². The number of rotatable bonds is 2. The van der Waals surface area contributed by atoms with E-state index >= 15 is 0 Å². The largest absolute Gasteiger partial charge is 0.369 e. The van der Waals surface area contributed by atoms with Crippen molar-refractivity contribution in [1.82, 2.24) is 4.90 Å². The molecule has 2 rings (SSSR count). The molecule has 2 amide bonds. The van der Waals surface area contributed by atoms with Gasteiger partial charge in [-0.1, -0.05) is 12.1 Å². The quantitative estimate of drug-likeness (QED) is 0.792. The maximum absolute atomic E-state index is 11.9. The zero-order valence-electron chi connectivity index (χ0n) is 10.9. The summed E-state index contributed by atoms with van der Waals surface area (Å²) in [5.41, 5.74) is 11.4. The monoisotopic (exact) mass is 260 g/mol. The van der Waals surface area contributed by atoms with Crippen LogP contribution >= 0.6 is 0 Å². The van der Waals surface area contributed by atoms with Gasteiger partial charge in [-0.3, -0.25) is 14.5 Å². The lowest BCUT2D eigenvalue weighted by Crippen LogP contribution is -2.47. The molecule has 0 aliphatic carbocycles. The smallest absolute Gasteiger partial charge is 0.248 e. The normalized spacial score (nSPS) is 23.2. The third-order valence-electron chi connectivity index (χ3n) is 3.34. The van der Waals surface area contributed by atoms with Crippen molar-refractivity contribution in [2.45, 2.75) is 18.9 Å². The molecule has 19 heavy (non-hydrogen) atoms. The van der Waals surface area contributed by atoms with Crippen LogP contribution in [0.1, 0.15) is 29.3 Å². The lowest BCUT2D eigenvalue weighted by Gasteiger charge is -2.33. The second-order valence-electron chi connectivity index (χ2n) is 4.82. The Balaban J connectivity index is 2.48. The highest BCUT2D eigenvalue weighted by Gasteiger charge is 2.36. The average molecular weight is 260 g/mol. The molecule has 0 spiro atoms. The fourth-order valence-electron chi connectivity index (χ4n) is 2.08. The van der Waals surface area contributed by atoms with Gasteiger partial charge >= 0.3 is 0 Å². The minimum Gasteiger partial charge on any atom is -0.369 e. The number of primary amides is 1. The second kappa shape index (κ2) is 4.38. The van der Waals surface area contributed by atoms with Crippen LogP contribution in [-0.2, 0) is 10.3 Å². The number of nitrogens with two attached hydrogens (primary N) is 2. The van der Waals surface area contributed by atoms with Gasteiger partial charge in [-0.05, 0) is 24.6 Å². The zero-order valence-corrected chi connectivity index (χ0v) is 10.9. The Hall–Kier alpha value is -2.37. The number of guanidine groups is 1. The van der Waals surface area contributed by atoms with E-state index in [0.717, 1.165) is 5.56 Å². The van der Waals surface area contributed by atoms with Crippen molar-refractivity contribution >= 4 is 17.8 Å². The van der Waals surface area contributed by atoms with Crippen LogP contribution in [-0.4, -0.2) is 29.7 Å². The molecule has 1 aliphatic rings. The van der Waals surface area contributed by atoms with E-state index in [-0.39, 0.29) is 18.3 Å². The first kappa shape index (κ1) is 13.1. The maximum atomic E-state index is 11.9. The summed E-state index contributed by atoms with van der Waals surface area (Å²) in [7, 11) is 1.58. The molecule has 100 valence electrons. The van der Waals surface area contributed by atoms with Gasteiger partial charge in [0.15, 0.2) is 5.96 Å². The highest BCUT2D eigenvalue weighted by molar-refractivity contribution is 5.99. The second-order valence-corrected chi connectivity index (χ2v) is 4.82. The van der Waals surface area contributed by atoms with Gasteiger partial charge in [0.1, 0.15) is 0 Å². The van der Waals surface area contributed by atoms with Crippen molar-refractivity contribution in [1.29, 1.82) is 0 Å². The van der Waals surface area contributed by atoms with Crippen LogP contribution < -0.4 is 11.5 Å². The maximum Gasteiger partial charge on any atom is 0.248 e. The van der Waals surface area contributed by atoms with Gasteiger partial charge in [0, 0.05) is 12.6 Å². The predicted octanol–water partition coefficient (Wildman–Crippen LogP) is 0.178. The highest BCUT2D eigenvalue weighted by Crippen LogP contribution is 2.33. The van der Waals surface area contributed by atoms with Crippen LogP contribution in [0, 0.1) is 0 Å². The van der Waals surface area contributed by atoms with Crippen LogP contribution in [0.2, 0.25) is 0 Å². The van der Waals surface area contributed by atoms with E-state index in [4.69, 9.17) is 11.5 Å². The SMILES string of the molecule is CN1C(=O)C[C@@](C)(c2cccc(C(N)=O)c2)N=C1N. The number of carbonyl (C=O) groups excluding carboxylic acids is 2. The first-order valence-corrected chi connectivity index (χ1v) is 5.86. The topological polar surface area (TPSA) is 102 Å². The Morgan fingerprint density at radius 2 is 2.16 bits per heavy atom. The molecule has 1 heterocycles. The summed E-state index contributed by atoms with van der Waals surface area (Å²) in [6, 6.07) is 6.80. The van der Waals surface area contributed by atoms with Gasteiger partial charge in [-0.25, -0.2) is 4.99 Å².